The number of hydrogen-bond acceptors (Lipinski definition) is 3. The lowest BCUT2D eigenvalue weighted by Crippen LogP contribution is -2.54. The summed E-state index contributed by atoms with van der Waals surface area (Å²) in [4.78, 5) is 24.2. The summed E-state index contributed by atoms with van der Waals surface area (Å²) in [6.45, 7) is 8.76. The standard InChI is InChI=1S/C23H36O3/c1-14(2)21(25)26-20-8-7-18-17-6-5-15-13-16(24)9-11-22(15,3)19(17)10-12-23(18,20)4/h14-15,17-20H,5-13H2,1-4H3/t15?,17-,18-,19-,20-,22-,23-/m0/s1. The Kier molecular flexibility index (Phi) is 4.51. The van der Waals surface area contributed by atoms with E-state index in [4.69, 9.17) is 4.74 Å². The lowest BCUT2D eigenvalue weighted by Gasteiger charge is -2.60. The molecular formula is C23H36O3. The van der Waals surface area contributed by atoms with E-state index in [9.17, 15) is 9.59 Å². The summed E-state index contributed by atoms with van der Waals surface area (Å²) in [5.74, 6) is 3.28. The van der Waals surface area contributed by atoms with Gasteiger partial charge in [-0.15, -0.1) is 0 Å². The molecule has 4 saturated carbocycles. The first-order chi connectivity index (χ1) is 12.3. The molecule has 4 aliphatic rings. The van der Waals surface area contributed by atoms with Gasteiger partial charge in [-0.05, 0) is 74.0 Å². The minimum absolute atomic E-state index is 0.0274. The maximum Gasteiger partial charge on any atom is 0.308 e. The van der Waals surface area contributed by atoms with E-state index in [1.165, 1.54) is 32.1 Å². The summed E-state index contributed by atoms with van der Waals surface area (Å²) in [5.41, 5.74) is 0.532. The first kappa shape index (κ1) is 18.5. The number of fused-ring (bicyclic) bond motifs is 5. The number of esters is 1. The fourth-order valence-electron chi connectivity index (χ4n) is 7.47. The van der Waals surface area contributed by atoms with E-state index in [2.05, 4.69) is 13.8 Å². The van der Waals surface area contributed by atoms with Crippen molar-refractivity contribution in [3.63, 3.8) is 0 Å². The fourth-order valence-corrected chi connectivity index (χ4v) is 7.47. The molecule has 0 N–H and O–H groups in total. The highest BCUT2D eigenvalue weighted by Gasteiger charge is 2.61. The normalized spacial score (nSPS) is 47.9. The minimum atomic E-state index is -0.0388. The van der Waals surface area contributed by atoms with Crippen LogP contribution in [0, 0.1) is 40.4 Å². The molecule has 26 heavy (non-hydrogen) atoms. The van der Waals surface area contributed by atoms with Crippen LogP contribution in [0.4, 0.5) is 0 Å². The lowest BCUT2D eigenvalue weighted by atomic mass is 9.45. The van der Waals surface area contributed by atoms with Gasteiger partial charge in [0.1, 0.15) is 11.9 Å². The molecule has 7 atom stereocenters. The zero-order chi connectivity index (χ0) is 18.7. The summed E-state index contributed by atoms with van der Waals surface area (Å²) in [6.07, 6.45) is 10.1. The Bertz CT molecular complexity index is 596. The van der Waals surface area contributed by atoms with E-state index in [0.717, 1.165) is 37.5 Å². The highest BCUT2D eigenvalue weighted by atomic mass is 16.5. The van der Waals surface area contributed by atoms with Gasteiger partial charge in [0.25, 0.3) is 0 Å². The third-order valence-electron chi connectivity index (χ3n) is 9.12. The van der Waals surface area contributed by atoms with Crippen molar-refractivity contribution in [1.29, 1.82) is 0 Å². The largest absolute Gasteiger partial charge is 0.462 e. The van der Waals surface area contributed by atoms with E-state index < -0.39 is 0 Å². The minimum Gasteiger partial charge on any atom is -0.462 e. The molecule has 0 radical (unpaired) electrons. The Morgan fingerprint density at radius 2 is 1.73 bits per heavy atom. The highest BCUT2D eigenvalue weighted by molar-refractivity contribution is 5.79. The molecule has 4 rings (SSSR count). The highest BCUT2D eigenvalue weighted by Crippen LogP contribution is 2.66. The molecule has 4 aliphatic carbocycles. The molecule has 3 heteroatoms. The number of hydrogen-bond donors (Lipinski definition) is 0. The summed E-state index contributed by atoms with van der Waals surface area (Å²) in [6, 6.07) is 0. The molecule has 0 bridgehead atoms. The van der Waals surface area contributed by atoms with Crippen LogP contribution in [0.5, 0.6) is 0 Å². The van der Waals surface area contributed by atoms with Crippen molar-refractivity contribution in [2.75, 3.05) is 0 Å². The van der Waals surface area contributed by atoms with Crippen molar-refractivity contribution < 1.29 is 14.3 Å². The molecule has 1 unspecified atom stereocenters. The van der Waals surface area contributed by atoms with Crippen LogP contribution in [0.25, 0.3) is 0 Å². The third-order valence-corrected chi connectivity index (χ3v) is 9.12. The van der Waals surface area contributed by atoms with Crippen LogP contribution in [0.15, 0.2) is 0 Å². The SMILES string of the molecule is CC(C)C(=O)O[C@H]1CC[C@H]2[C@@H]3CCC4CC(=O)CC[C@]4(C)[C@H]3CC[C@]12C. The number of Topliss-reactive ketones (excluding diaryl/α,β-unsaturated/α-hetero) is 1. The number of carbonyl (C=O) groups is 2. The van der Waals surface area contributed by atoms with Crippen LogP contribution in [0.3, 0.4) is 0 Å². The molecule has 0 aromatic heterocycles. The Hall–Kier alpha value is -0.860. The predicted molar refractivity (Wildman–Crippen MR) is 101 cm³/mol. The van der Waals surface area contributed by atoms with Gasteiger partial charge in [-0.25, -0.2) is 0 Å². The van der Waals surface area contributed by atoms with Gasteiger partial charge in [0.15, 0.2) is 0 Å². The van der Waals surface area contributed by atoms with Crippen LogP contribution in [-0.4, -0.2) is 17.9 Å². The van der Waals surface area contributed by atoms with Crippen LogP contribution in [0.2, 0.25) is 0 Å². The molecule has 0 aliphatic heterocycles. The summed E-state index contributed by atoms with van der Waals surface area (Å²) < 4.78 is 5.99. The van der Waals surface area contributed by atoms with E-state index in [0.29, 0.717) is 23.0 Å². The molecule has 0 saturated heterocycles. The second kappa shape index (κ2) is 6.34. The van der Waals surface area contributed by atoms with Gasteiger partial charge in [0, 0.05) is 18.3 Å². The monoisotopic (exact) mass is 360 g/mol. The van der Waals surface area contributed by atoms with Gasteiger partial charge >= 0.3 is 5.97 Å². The van der Waals surface area contributed by atoms with Crippen LogP contribution >= 0.6 is 0 Å². The Morgan fingerprint density at radius 3 is 2.46 bits per heavy atom. The number of ketones is 1. The first-order valence-corrected chi connectivity index (χ1v) is 11.0. The van der Waals surface area contributed by atoms with Crippen molar-refractivity contribution in [3.05, 3.63) is 0 Å². The average molecular weight is 361 g/mol. The van der Waals surface area contributed by atoms with Gasteiger partial charge in [-0.1, -0.05) is 27.7 Å². The van der Waals surface area contributed by atoms with Crippen LogP contribution in [0.1, 0.15) is 85.5 Å². The van der Waals surface area contributed by atoms with Crippen molar-refractivity contribution in [2.45, 2.75) is 91.6 Å². The van der Waals surface area contributed by atoms with Crippen molar-refractivity contribution in [3.8, 4) is 0 Å². The Balaban J connectivity index is 1.54. The zero-order valence-electron chi connectivity index (χ0n) is 17.1. The molecule has 0 amide bonds. The first-order valence-electron chi connectivity index (χ1n) is 11.0. The lowest BCUT2D eigenvalue weighted by molar-refractivity contribution is -0.167. The van der Waals surface area contributed by atoms with Gasteiger partial charge < -0.3 is 4.74 Å². The van der Waals surface area contributed by atoms with E-state index in [1.807, 2.05) is 13.8 Å². The molecule has 0 aromatic carbocycles. The molecule has 0 spiro atoms. The molecule has 0 aromatic rings. The molecule has 0 heterocycles. The number of carbonyl (C=O) groups excluding carboxylic acids is 2. The van der Waals surface area contributed by atoms with Crippen LogP contribution < -0.4 is 0 Å². The summed E-state index contributed by atoms with van der Waals surface area (Å²) >= 11 is 0. The Labute approximate surface area is 158 Å². The second-order valence-electron chi connectivity index (χ2n) is 10.6. The van der Waals surface area contributed by atoms with E-state index in [1.54, 1.807) is 0 Å². The molecular weight excluding hydrogens is 324 g/mol. The average Bonchev–Trinajstić information content (AvgIpc) is 2.92. The summed E-state index contributed by atoms with van der Waals surface area (Å²) in [5, 5.41) is 0. The fraction of sp³-hybridized carbons (Fsp3) is 0.913. The molecule has 3 nitrogen and oxygen atoms in total. The second-order valence-corrected chi connectivity index (χ2v) is 10.6. The number of rotatable bonds is 2. The smallest absolute Gasteiger partial charge is 0.308 e. The van der Waals surface area contributed by atoms with E-state index in [-0.39, 0.29) is 23.4 Å². The van der Waals surface area contributed by atoms with Gasteiger partial charge in [0.2, 0.25) is 0 Å². The van der Waals surface area contributed by atoms with Crippen molar-refractivity contribution in [1.82, 2.24) is 0 Å². The third kappa shape index (κ3) is 2.67. The quantitative estimate of drug-likeness (QED) is 0.638. The maximum atomic E-state index is 12.2. The van der Waals surface area contributed by atoms with Gasteiger partial charge in [-0.3, -0.25) is 9.59 Å². The van der Waals surface area contributed by atoms with Crippen LogP contribution in [-0.2, 0) is 14.3 Å². The Morgan fingerprint density at radius 1 is 1.00 bits per heavy atom. The summed E-state index contributed by atoms with van der Waals surface area (Å²) in [7, 11) is 0. The zero-order valence-corrected chi connectivity index (χ0v) is 17.1. The van der Waals surface area contributed by atoms with Crippen molar-refractivity contribution >= 4 is 11.8 Å². The predicted octanol–water partition coefficient (Wildman–Crippen LogP) is 5.17. The topological polar surface area (TPSA) is 43.4 Å². The van der Waals surface area contributed by atoms with Gasteiger partial charge in [0.05, 0.1) is 5.92 Å². The maximum absolute atomic E-state index is 12.2. The van der Waals surface area contributed by atoms with Gasteiger partial charge in [-0.2, -0.15) is 0 Å². The molecule has 4 fully saturated rings. The number of ether oxygens (including phenoxy) is 1. The molecule has 146 valence electrons. The van der Waals surface area contributed by atoms with E-state index >= 15 is 0 Å². The van der Waals surface area contributed by atoms with Crippen molar-refractivity contribution in [2.24, 2.45) is 40.4 Å².